The van der Waals surface area contributed by atoms with Gasteiger partial charge in [0.15, 0.2) is 0 Å². The molecule has 106 valence electrons. The van der Waals surface area contributed by atoms with Gasteiger partial charge in [-0.25, -0.2) is 9.37 Å². The van der Waals surface area contributed by atoms with Crippen LogP contribution in [0.15, 0.2) is 29.1 Å². The molecular weight excluding hydrogens is 296 g/mol. The number of carbonyl (C=O) groups is 1. The molecule has 1 aromatic carbocycles. The van der Waals surface area contributed by atoms with Crippen LogP contribution in [0.1, 0.15) is 21.6 Å². The molecule has 0 spiro atoms. The maximum absolute atomic E-state index is 13.4. The second kappa shape index (κ2) is 5.58. The highest BCUT2D eigenvalue weighted by Crippen LogP contribution is 2.30. The van der Waals surface area contributed by atoms with Crippen molar-refractivity contribution in [2.24, 2.45) is 0 Å². The SMILES string of the molecule is O=C(NCc1cscn1)c1cc(C(F)(F)F)ccc1F. The number of aromatic nitrogens is 1. The highest BCUT2D eigenvalue weighted by Gasteiger charge is 2.31. The predicted octanol–water partition coefficient (Wildman–Crippen LogP) is 3.23. The van der Waals surface area contributed by atoms with Gasteiger partial charge in [-0.15, -0.1) is 11.3 Å². The summed E-state index contributed by atoms with van der Waals surface area (Å²) in [7, 11) is 0. The second-order valence-corrected chi connectivity index (χ2v) is 4.57. The van der Waals surface area contributed by atoms with Crippen LogP contribution >= 0.6 is 11.3 Å². The minimum atomic E-state index is -4.63. The summed E-state index contributed by atoms with van der Waals surface area (Å²) in [6.07, 6.45) is -4.63. The fourth-order valence-corrected chi connectivity index (χ4v) is 2.02. The summed E-state index contributed by atoms with van der Waals surface area (Å²) >= 11 is 1.31. The molecule has 2 rings (SSSR count). The van der Waals surface area contributed by atoms with Gasteiger partial charge in [-0.2, -0.15) is 13.2 Å². The van der Waals surface area contributed by atoms with Gasteiger partial charge in [0.05, 0.1) is 28.9 Å². The number of nitrogens with one attached hydrogen (secondary N) is 1. The van der Waals surface area contributed by atoms with E-state index in [0.717, 1.165) is 0 Å². The maximum Gasteiger partial charge on any atom is 0.416 e. The summed E-state index contributed by atoms with van der Waals surface area (Å²) in [6.45, 7) is 0.0258. The number of hydrogen-bond donors (Lipinski definition) is 1. The van der Waals surface area contributed by atoms with Gasteiger partial charge in [0, 0.05) is 5.38 Å². The smallest absolute Gasteiger partial charge is 0.346 e. The van der Waals surface area contributed by atoms with Crippen molar-refractivity contribution in [1.82, 2.24) is 10.3 Å². The Morgan fingerprint density at radius 1 is 1.35 bits per heavy atom. The third kappa shape index (κ3) is 3.32. The Morgan fingerprint density at radius 3 is 2.70 bits per heavy atom. The first-order chi connectivity index (χ1) is 9.38. The van der Waals surface area contributed by atoms with Crippen molar-refractivity contribution in [2.45, 2.75) is 12.7 Å². The maximum atomic E-state index is 13.4. The Morgan fingerprint density at radius 2 is 2.10 bits per heavy atom. The third-order valence-electron chi connectivity index (χ3n) is 2.45. The van der Waals surface area contributed by atoms with Crippen molar-refractivity contribution in [1.29, 1.82) is 0 Å². The van der Waals surface area contributed by atoms with E-state index in [-0.39, 0.29) is 6.54 Å². The number of hydrogen-bond acceptors (Lipinski definition) is 3. The molecule has 3 nitrogen and oxygen atoms in total. The standard InChI is InChI=1S/C12H8F4N2OS/c13-10-2-1-7(12(14,15)16)3-9(10)11(19)17-4-8-5-20-6-18-8/h1-3,5-6H,4H2,(H,17,19). The summed E-state index contributed by atoms with van der Waals surface area (Å²) in [4.78, 5) is 15.6. The first-order valence-electron chi connectivity index (χ1n) is 5.40. The fraction of sp³-hybridized carbons (Fsp3) is 0.167. The lowest BCUT2D eigenvalue weighted by Crippen LogP contribution is -2.24. The normalized spacial score (nSPS) is 11.4. The zero-order valence-electron chi connectivity index (χ0n) is 9.87. The first kappa shape index (κ1) is 14.4. The Hall–Kier alpha value is -1.96. The zero-order chi connectivity index (χ0) is 14.8. The van der Waals surface area contributed by atoms with Crippen LogP contribution in [0.2, 0.25) is 0 Å². The number of thiazole rings is 1. The molecule has 0 unspecified atom stereocenters. The lowest BCUT2D eigenvalue weighted by molar-refractivity contribution is -0.137. The lowest BCUT2D eigenvalue weighted by atomic mass is 10.1. The van der Waals surface area contributed by atoms with Gasteiger partial charge < -0.3 is 5.32 Å². The van der Waals surface area contributed by atoms with Gasteiger partial charge in [-0.05, 0) is 18.2 Å². The Labute approximate surface area is 115 Å². The van der Waals surface area contributed by atoms with Crippen molar-refractivity contribution in [3.05, 3.63) is 51.7 Å². The van der Waals surface area contributed by atoms with Crippen LogP contribution in [-0.4, -0.2) is 10.9 Å². The van der Waals surface area contributed by atoms with E-state index in [1.54, 1.807) is 10.9 Å². The molecule has 8 heteroatoms. The molecule has 0 radical (unpaired) electrons. The molecule has 0 bridgehead atoms. The highest BCUT2D eigenvalue weighted by atomic mass is 32.1. The number of benzene rings is 1. The van der Waals surface area contributed by atoms with E-state index in [2.05, 4.69) is 10.3 Å². The minimum Gasteiger partial charge on any atom is -0.346 e. The van der Waals surface area contributed by atoms with Gasteiger partial charge in [0.25, 0.3) is 5.91 Å². The van der Waals surface area contributed by atoms with Crippen LogP contribution in [0.3, 0.4) is 0 Å². The molecule has 0 aliphatic carbocycles. The molecule has 0 saturated heterocycles. The van der Waals surface area contributed by atoms with Crippen LogP contribution in [0, 0.1) is 5.82 Å². The Balaban J connectivity index is 2.16. The van der Waals surface area contributed by atoms with Crippen molar-refractivity contribution in [3.63, 3.8) is 0 Å². The molecule has 1 amide bonds. The van der Waals surface area contributed by atoms with Gasteiger partial charge in [0.1, 0.15) is 5.82 Å². The zero-order valence-corrected chi connectivity index (χ0v) is 10.7. The van der Waals surface area contributed by atoms with Crippen LogP contribution in [-0.2, 0) is 12.7 Å². The van der Waals surface area contributed by atoms with E-state index in [9.17, 15) is 22.4 Å². The first-order valence-corrected chi connectivity index (χ1v) is 6.34. The van der Waals surface area contributed by atoms with Crippen molar-refractivity contribution in [3.8, 4) is 0 Å². The van der Waals surface area contributed by atoms with Gasteiger partial charge in [-0.3, -0.25) is 4.79 Å². The molecule has 2 aromatic rings. The monoisotopic (exact) mass is 304 g/mol. The van der Waals surface area contributed by atoms with E-state index >= 15 is 0 Å². The van der Waals surface area contributed by atoms with Crippen LogP contribution in [0.25, 0.3) is 0 Å². The molecule has 20 heavy (non-hydrogen) atoms. The van der Waals surface area contributed by atoms with E-state index in [1.807, 2.05) is 0 Å². The largest absolute Gasteiger partial charge is 0.416 e. The average molecular weight is 304 g/mol. The molecule has 0 saturated carbocycles. The minimum absolute atomic E-state index is 0.0258. The molecule has 0 atom stereocenters. The van der Waals surface area contributed by atoms with Crippen molar-refractivity contribution >= 4 is 17.2 Å². The number of carbonyl (C=O) groups excluding carboxylic acids is 1. The second-order valence-electron chi connectivity index (χ2n) is 3.85. The molecule has 1 N–H and O–H groups in total. The number of nitrogens with zero attached hydrogens (tertiary/aromatic N) is 1. The summed E-state index contributed by atoms with van der Waals surface area (Å²) in [5.41, 5.74) is 0.385. The van der Waals surface area contributed by atoms with Crippen LogP contribution in [0.4, 0.5) is 17.6 Å². The van der Waals surface area contributed by atoms with Crippen molar-refractivity contribution in [2.75, 3.05) is 0 Å². The quantitative estimate of drug-likeness (QED) is 0.885. The van der Waals surface area contributed by atoms with Gasteiger partial charge >= 0.3 is 6.18 Å². The summed E-state index contributed by atoms with van der Waals surface area (Å²) in [6, 6.07) is 1.71. The van der Waals surface area contributed by atoms with Gasteiger partial charge in [-0.1, -0.05) is 0 Å². The number of halogens is 4. The molecule has 0 aliphatic heterocycles. The summed E-state index contributed by atoms with van der Waals surface area (Å²) in [5.74, 6) is -1.92. The summed E-state index contributed by atoms with van der Waals surface area (Å²) in [5, 5.41) is 3.99. The highest BCUT2D eigenvalue weighted by molar-refractivity contribution is 7.07. The third-order valence-corrected chi connectivity index (χ3v) is 3.09. The van der Waals surface area contributed by atoms with Crippen LogP contribution in [0.5, 0.6) is 0 Å². The number of rotatable bonds is 3. The number of amides is 1. The molecular formula is C12H8F4N2OS. The molecule has 0 fully saturated rings. The lowest BCUT2D eigenvalue weighted by Gasteiger charge is -2.09. The fourth-order valence-electron chi connectivity index (χ4n) is 1.47. The topological polar surface area (TPSA) is 42.0 Å². The van der Waals surface area contributed by atoms with Crippen molar-refractivity contribution < 1.29 is 22.4 Å². The summed E-state index contributed by atoms with van der Waals surface area (Å²) < 4.78 is 51.0. The van der Waals surface area contributed by atoms with E-state index in [4.69, 9.17) is 0 Å². The Kier molecular flexibility index (Phi) is 4.03. The van der Waals surface area contributed by atoms with E-state index < -0.39 is 29.0 Å². The Bertz CT molecular complexity index is 610. The van der Waals surface area contributed by atoms with E-state index in [1.165, 1.54) is 11.3 Å². The molecule has 1 heterocycles. The predicted molar refractivity (Wildman–Crippen MR) is 64.7 cm³/mol. The van der Waals surface area contributed by atoms with E-state index in [0.29, 0.717) is 23.9 Å². The van der Waals surface area contributed by atoms with Crippen LogP contribution < -0.4 is 5.32 Å². The van der Waals surface area contributed by atoms with Gasteiger partial charge in [0.2, 0.25) is 0 Å². The molecule has 0 aliphatic rings. The number of alkyl halides is 3. The molecule has 1 aromatic heterocycles. The average Bonchev–Trinajstić information content (AvgIpc) is 2.88.